The molecule has 2 atom stereocenters. The van der Waals surface area contributed by atoms with E-state index in [1.165, 1.54) is 15.6 Å². The van der Waals surface area contributed by atoms with E-state index in [9.17, 15) is 8.42 Å². The van der Waals surface area contributed by atoms with Crippen molar-refractivity contribution in [2.24, 2.45) is 0 Å². The summed E-state index contributed by atoms with van der Waals surface area (Å²) >= 11 is 1.26. The Labute approximate surface area is 130 Å². The highest BCUT2D eigenvalue weighted by Gasteiger charge is 2.40. The predicted molar refractivity (Wildman–Crippen MR) is 82.1 cm³/mol. The molecule has 0 amide bonds. The highest BCUT2D eigenvalue weighted by Crippen LogP contribution is 2.28. The SMILES string of the molecule is CCNCc1csc(S(=O)(=O)N2CC(OC)C(OC)C2)c1. The molecule has 0 radical (unpaired) electrons. The summed E-state index contributed by atoms with van der Waals surface area (Å²) in [5.74, 6) is 0. The lowest BCUT2D eigenvalue weighted by molar-refractivity contribution is -0.00461. The Morgan fingerprint density at radius 3 is 2.48 bits per heavy atom. The molecule has 2 rings (SSSR count). The summed E-state index contributed by atoms with van der Waals surface area (Å²) in [6.07, 6.45) is -0.433. The van der Waals surface area contributed by atoms with Crippen LogP contribution in [-0.2, 0) is 26.0 Å². The summed E-state index contributed by atoms with van der Waals surface area (Å²) in [5, 5.41) is 5.07. The van der Waals surface area contributed by atoms with Gasteiger partial charge in [-0.05, 0) is 23.6 Å². The van der Waals surface area contributed by atoms with Crippen molar-refractivity contribution in [1.82, 2.24) is 9.62 Å². The number of rotatable bonds is 7. The predicted octanol–water partition coefficient (Wildman–Crippen LogP) is 0.892. The van der Waals surface area contributed by atoms with Crippen LogP contribution in [-0.4, -0.2) is 58.8 Å². The molecule has 0 aliphatic carbocycles. The Morgan fingerprint density at radius 1 is 1.33 bits per heavy atom. The molecule has 0 spiro atoms. The van der Waals surface area contributed by atoms with Gasteiger partial charge in [0.1, 0.15) is 4.21 Å². The summed E-state index contributed by atoms with van der Waals surface area (Å²) in [4.78, 5) is 0. The second-order valence-corrected chi connectivity index (χ2v) is 8.00. The van der Waals surface area contributed by atoms with Gasteiger partial charge in [-0.3, -0.25) is 0 Å². The van der Waals surface area contributed by atoms with Crippen molar-refractivity contribution in [3.05, 3.63) is 17.0 Å². The Hall–Kier alpha value is -0.510. The van der Waals surface area contributed by atoms with Crippen LogP contribution in [0.4, 0.5) is 0 Å². The van der Waals surface area contributed by atoms with Crippen molar-refractivity contribution >= 4 is 21.4 Å². The van der Waals surface area contributed by atoms with Gasteiger partial charge in [-0.1, -0.05) is 6.92 Å². The topological polar surface area (TPSA) is 67.9 Å². The van der Waals surface area contributed by atoms with Crippen LogP contribution < -0.4 is 5.32 Å². The van der Waals surface area contributed by atoms with Crippen molar-refractivity contribution in [1.29, 1.82) is 0 Å². The number of sulfonamides is 1. The normalized spacial score (nSPS) is 23.8. The van der Waals surface area contributed by atoms with E-state index < -0.39 is 10.0 Å². The first-order valence-electron chi connectivity index (χ1n) is 6.86. The van der Waals surface area contributed by atoms with Gasteiger partial charge in [0.25, 0.3) is 10.0 Å². The minimum atomic E-state index is -3.46. The van der Waals surface area contributed by atoms with E-state index in [1.54, 1.807) is 20.3 Å². The Balaban J connectivity index is 2.13. The van der Waals surface area contributed by atoms with Crippen LogP contribution in [0.1, 0.15) is 12.5 Å². The first-order valence-corrected chi connectivity index (χ1v) is 9.18. The molecule has 2 unspecified atom stereocenters. The lowest BCUT2D eigenvalue weighted by atomic mass is 10.3. The fourth-order valence-corrected chi connectivity index (χ4v) is 5.16. The number of ether oxygens (including phenoxy) is 2. The molecule has 1 N–H and O–H groups in total. The molecule has 1 aromatic rings. The van der Waals surface area contributed by atoms with Crippen LogP contribution in [0.5, 0.6) is 0 Å². The molecule has 0 aromatic carbocycles. The number of nitrogens with one attached hydrogen (secondary N) is 1. The van der Waals surface area contributed by atoms with Gasteiger partial charge in [0, 0.05) is 33.9 Å². The molecule has 8 heteroatoms. The third-order valence-electron chi connectivity index (χ3n) is 3.59. The number of nitrogens with zero attached hydrogens (tertiary/aromatic N) is 1. The van der Waals surface area contributed by atoms with Crippen LogP contribution in [0.25, 0.3) is 0 Å². The van der Waals surface area contributed by atoms with E-state index in [4.69, 9.17) is 9.47 Å². The van der Waals surface area contributed by atoms with Gasteiger partial charge in [-0.2, -0.15) is 4.31 Å². The molecule has 1 fully saturated rings. The molecule has 6 nitrogen and oxygen atoms in total. The Morgan fingerprint density at radius 2 is 1.95 bits per heavy atom. The highest BCUT2D eigenvalue weighted by atomic mass is 32.2. The fourth-order valence-electron chi connectivity index (χ4n) is 2.34. The molecular weight excluding hydrogens is 312 g/mol. The van der Waals surface area contributed by atoms with Crippen molar-refractivity contribution in [2.75, 3.05) is 33.9 Å². The number of methoxy groups -OCH3 is 2. The van der Waals surface area contributed by atoms with Gasteiger partial charge in [-0.25, -0.2) is 8.42 Å². The van der Waals surface area contributed by atoms with E-state index in [1.807, 2.05) is 12.3 Å². The summed E-state index contributed by atoms with van der Waals surface area (Å²) in [5.41, 5.74) is 0.992. The summed E-state index contributed by atoms with van der Waals surface area (Å²) in [7, 11) is -0.313. The highest BCUT2D eigenvalue weighted by molar-refractivity contribution is 7.91. The van der Waals surface area contributed by atoms with Gasteiger partial charge in [0.15, 0.2) is 0 Å². The average Bonchev–Trinajstić information content (AvgIpc) is 3.11. The van der Waals surface area contributed by atoms with Gasteiger partial charge in [0.2, 0.25) is 0 Å². The van der Waals surface area contributed by atoms with Crippen molar-refractivity contribution in [3.8, 4) is 0 Å². The van der Waals surface area contributed by atoms with Crippen molar-refractivity contribution in [2.45, 2.75) is 29.9 Å². The quantitative estimate of drug-likeness (QED) is 0.802. The molecule has 1 aliphatic rings. The summed E-state index contributed by atoms with van der Waals surface area (Å²) in [6, 6.07) is 1.74. The van der Waals surface area contributed by atoms with E-state index in [2.05, 4.69) is 5.32 Å². The fraction of sp³-hybridized carbons (Fsp3) is 0.692. The maximum Gasteiger partial charge on any atom is 0.252 e. The van der Waals surface area contributed by atoms with Crippen LogP contribution in [0, 0.1) is 0 Å². The van der Waals surface area contributed by atoms with Crippen LogP contribution in [0.15, 0.2) is 15.7 Å². The smallest absolute Gasteiger partial charge is 0.252 e. The molecule has 1 saturated heterocycles. The Kier molecular flexibility index (Phi) is 5.75. The standard InChI is InChI=1S/C13H22N2O4S2/c1-4-14-6-10-5-13(20-9-10)21(16,17)15-7-11(18-2)12(8-15)19-3/h5,9,11-12,14H,4,6-8H2,1-3H3. The second-order valence-electron chi connectivity index (χ2n) is 4.92. The monoisotopic (exact) mass is 334 g/mol. The first-order chi connectivity index (χ1) is 10.0. The van der Waals surface area contributed by atoms with Crippen molar-refractivity contribution in [3.63, 3.8) is 0 Å². The van der Waals surface area contributed by atoms with E-state index in [0.29, 0.717) is 23.8 Å². The van der Waals surface area contributed by atoms with Gasteiger partial charge in [0.05, 0.1) is 12.2 Å². The van der Waals surface area contributed by atoms with E-state index in [-0.39, 0.29) is 12.2 Å². The lowest BCUT2D eigenvalue weighted by Gasteiger charge is -2.14. The Bertz CT molecular complexity index is 546. The number of hydrogen-bond donors (Lipinski definition) is 1. The molecule has 120 valence electrons. The van der Waals surface area contributed by atoms with E-state index in [0.717, 1.165) is 12.1 Å². The zero-order valence-corrected chi connectivity index (χ0v) is 14.2. The molecule has 0 saturated carbocycles. The summed E-state index contributed by atoms with van der Waals surface area (Å²) in [6.45, 7) is 4.22. The zero-order chi connectivity index (χ0) is 15.5. The van der Waals surface area contributed by atoms with Crippen LogP contribution >= 0.6 is 11.3 Å². The lowest BCUT2D eigenvalue weighted by Crippen LogP contribution is -2.29. The molecule has 1 aliphatic heterocycles. The van der Waals surface area contributed by atoms with Gasteiger partial charge in [-0.15, -0.1) is 11.3 Å². The van der Waals surface area contributed by atoms with Crippen LogP contribution in [0.2, 0.25) is 0 Å². The number of hydrogen-bond acceptors (Lipinski definition) is 6. The first kappa shape index (κ1) is 16.9. The number of thiophene rings is 1. The minimum Gasteiger partial charge on any atom is -0.377 e. The third kappa shape index (κ3) is 3.64. The average molecular weight is 334 g/mol. The second kappa shape index (κ2) is 7.17. The molecule has 21 heavy (non-hydrogen) atoms. The molecular formula is C13H22N2O4S2. The third-order valence-corrected chi connectivity index (χ3v) is 6.89. The van der Waals surface area contributed by atoms with Crippen LogP contribution in [0.3, 0.4) is 0 Å². The van der Waals surface area contributed by atoms with Gasteiger partial charge >= 0.3 is 0 Å². The zero-order valence-electron chi connectivity index (χ0n) is 12.5. The molecule has 1 aromatic heterocycles. The molecule has 0 bridgehead atoms. The maximum absolute atomic E-state index is 12.6. The maximum atomic E-state index is 12.6. The minimum absolute atomic E-state index is 0.217. The van der Waals surface area contributed by atoms with E-state index >= 15 is 0 Å². The summed E-state index contributed by atoms with van der Waals surface area (Å²) < 4.78 is 37.7. The van der Waals surface area contributed by atoms with Gasteiger partial charge < -0.3 is 14.8 Å². The van der Waals surface area contributed by atoms with Crippen molar-refractivity contribution < 1.29 is 17.9 Å². The molecule has 2 heterocycles. The largest absolute Gasteiger partial charge is 0.377 e.